The molecule has 3 aromatic rings. The number of ketones is 1. The second-order valence-corrected chi connectivity index (χ2v) is 9.26. The number of ether oxygens (including phenoxy) is 1. The lowest BCUT2D eigenvalue weighted by atomic mass is 9.79. The molecule has 0 unspecified atom stereocenters. The predicted octanol–water partition coefficient (Wildman–Crippen LogP) is 3.96. The molecule has 5 rings (SSSR count). The van der Waals surface area contributed by atoms with Crippen molar-refractivity contribution in [2.45, 2.75) is 45.4 Å². The van der Waals surface area contributed by atoms with Crippen LogP contribution in [0.4, 0.5) is 0 Å². The van der Waals surface area contributed by atoms with Crippen LogP contribution in [0.25, 0.3) is 10.9 Å². The number of nitrogens with one attached hydrogen (secondary N) is 1. The van der Waals surface area contributed by atoms with Gasteiger partial charge in [-0.25, -0.2) is 9.66 Å². The molecule has 7 nitrogen and oxygen atoms in total. The fourth-order valence-electron chi connectivity index (χ4n) is 3.84. The molecular weight excluding hydrogens is 386 g/mol. The molecule has 0 bridgehead atoms. The molecule has 0 radical (unpaired) electrons. The van der Waals surface area contributed by atoms with Crippen LogP contribution in [-0.4, -0.2) is 25.6 Å². The van der Waals surface area contributed by atoms with E-state index in [0.29, 0.717) is 23.3 Å². The van der Waals surface area contributed by atoms with Crippen LogP contribution in [0.5, 0.6) is 5.88 Å². The molecular formula is C21H21N5O2S. The van der Waals surface area contributed by atoms with Gasteiger partial charge < -0.3 is 4.74 Å². The van der Waals surface area contributed by atoms with Crippen molar-refractivity contribution in [2.24, 2.45) is 5.41 Å². The number of benzene rings is 1. The first-order chi connectivity index (χ1) is 13.9. The molecule has 148 valence electrons. The standard InChI is InChI=1S/C21H21N5O2S/c1-12-8-18(22-14-7-5-4-6-13(12)14)28-11-17-23-24-20-26(17)25-15-9-21(2,3)10-16(27)19(15)29-20/h4-8,25H,9-11H2,1-3H3. The van der Waals surface area contributed by atoms with Gasteiger partial charge in [-0.2, -0.15) is 0 Å². The number of aromatic nitrogens is 4. The Morgan fingerprint density at radius 2 is 2.07 bits per heavy atom. The lowest BCUT2D eigenvalue weighted by Crippen LogP contribution is -2.33. The number of hydrogen-bond donors (Lipinski definition) is 1. The lowest BCUT2D eigenvalue weighted by molar-refractivity contribution is -0.117. The van der Waals surface area contributed by atoms with Crippen LogP contribution >= 0.6 is 11.8 Å². The van der Waals surface area contributed by atoms with Crippen LogP contribution in [0.2, 0.25) is 0 Å². The molecule has 8 heteroatoms. The van der Waals surface area contributed by atoms with Crippen molar-refractivity contribution in [2.75, 3.05) is 5.43 Å². The van der Waals surface area contributed by atoms with Crippen molar-refractivity contribution in [3.05, 3.63) is 52.3 Å². The number of allylic oxidation sites excluding steroid dienone is 2. The Balaban J connectivity index is 1.38. The van der Waals surface area contributed by atoms with Crippen LogP contribution < -0.4 is 10.2 Å². The monoisotopic (exact) mass is 407 g/mol. The molecule has 29 heavy (non-hydrogen) atoms. The number of carbonyl (C=O) groups is 1. The molecule has 0 saturated heterocycles. The van der Waals surface area contributed by atoms with Crippen LogP contribution in [0, 0.1) is 12.3 Å². The number of rotatable bonds is 3. The number of nitrogens with zero attached hydrogens (tertiary/aromatic N) is 4. The van der Waals surface area contributed by atoms with Gasteiger partial charge in [-0.3, -0.25) is 10.2 Å². The first-order valence-corrected chi connectivity index (χ1v) is 10.4. The number of para-hydroxylation sites is 1. The van der Waals surface area contributed by atoms with Gasteiger partial charge in [0.1, 0.15) is 0 Å². The molecule has 3 heterocycles. The van der Waals surface area contributed by atoms with E-state index < -0.39 is 0 Å². The molecule has 0 atom stereocenters. The van der Waals surface area contributed by atoms with Gasteiger partial charge in [-0.05, 0) is 42.2 Å². The minimum atomic E-state index is -0.0573. The van der Waals surface area contributed by atoms with Crippen molar-refractivity contribution < 1.29 is 9.53 Å². The normalized spacial score (nSPS) is 17.7. The Morgan fingerprint density at radius 3 is 2.93 bits per heavy atom. The molecule has 2 aromatic heterocycles. The zero-order valence-electron chi connectivity index (χ0n) is 16.5. The Morgan fingerprint density at radius 1 is 1.24 bits per heavy atom. The summed E-state index contributed by atoms with van der Waals surface area (Å²) in [6, 6.07) is 9.93. The Hall–Kier alpha value is -2.87. The molecule has 1 aliphatic heterocycles. The van der Waals surface area contributed by atoms with Crippen LogP contribution in [-0.2, 0) is 11.4 Å². The van der Waals surface area contributed by atoms with E-state index in [1.165, 1.54) is 11.8 Å². The predicted molar refractivity (Wildman–Crippen MR) is 111 cm³/mol. The molecule has 0 spiro atoms. The van der Waals surface area contributed by atoms with Gasteiger partial charge in [0.05, 0.1) is 16.1 Å². The van der Waals surface area contributed by atoms with E-state index in [9.17, 15) is 4.79 Å². The van der Waals surface area contributed by atoms with E-state index in [1.807, 2.05) is 35.9 Å². The number of Topliss-reactive ketones (excluding diaryl/α,β-unsaturated/α-hetero) is 1. The van der Waals surface area contributed by atoms with Gasteiger partial charge in [0.2, 0.25) is 11.0 Å². The highest BCUT2D eigenvalue weighted by Crippen LogP contribution is 2.44. The highest BCUT2D eigenvalue weighted by atomic mass is 32.2. The number of aryl methyl sites for hydroxylation is 1. The number of thioether (sulfide) groups is 1. The maximum atomic E-state index is 12.5. The largest absolute Gasteiger partial charge is 0.469 e. The topological polar surface area (TPSA) is 81.9 Å². The van der Waals surface area contributed by atoms with Gasteiger partial charge in [-0.1, -0.05) is 32.0 Å². The van der Waals surface area contributed by atoms with Crippen molar-refractivity contribution >= 4 is 28.4 Å². The molecule has 1 N–H and O–H groups in total. The summed E-state index contributed by atoms with van der Waals surface area (Å²) in [6.07, 6.45) is 1.36. The summed E-state index contributed by atoms with van der Waals surface area (Å²) in [5.74, 6) is 1.36. The van der Waals surface area contributed by atoms with Gasteiger partial charge in [0.25, 0.3) is 0 Å². The van der Waals surface area contributed by atoms with E-state index in [2.05, 4.69) is 40.5 Å². The Labute approximate surface area is 172 Å². The minimum absolute atomic E-state index is 0.0573. The van der Waals surface area contributed by atoms with Gasteiger partial charge in [-0.15, -0.1) is 10.2 Å². The van der Waals surface area contributed by atoms with Crippen molar-refractivity contribution in [3.63, 3.8) is 0 Å². The van der Waals surface area contributed by atoms with Crippen LogP contribution in [0.3, 0.4) is 0 Å². The number of fused-ring (bicyclic) bond motifs is 2. The van der Waals surface area contributed by atoms with E-state index in [4.69, 9.17) is 4.74 Å². The summed E-state index contributed by atoms with van der Waals surface area (Å²) in [5.41, 5.74) is 6.23. The summed E-state index contributed by atoms with van der Waals surface area (Å²) in [6.45, 7) is 6.50. The Kier molecular flexibility index (Phi) is 4.13. The van der Waals surface area contributed by atoms with Gasteiger partial charge in [0.15, 0.2) is 18.2 Å². The average Bonchev–Trinajstić information content (AvgIpc) is 3.06. The molecule has 0 amide bonds. The smallest absolute Gasteiger partial charge is 0.215 e. The summed E-state index contributed by atoms with van der Waals surface area (Å²) in [5, 5.41) is 10.2. The molecule has 0 saturated carbocycles. The van der Waals surface area contributed by atoms with E-state index in [-0.39, 0.29) is 17.8 Å². The first kappa shape index (κ1) is 18.2. The van der Waals surface area contributed by atoms with Crippen molar-refractivity contribution in [1.82, 2.24) is 19.9 Å². The summed E-state index contributed by atoms with van der Waals surface area (Å²) < 4.78 is 7.75. The molecule has 1 aliphatic carbocycles. The average molecular weight is 407 g/mol. The second-order valence-electron chi connectivity index (χ2n) is 8.28. The van der Waals surface area contributed by atoms with Gasteiger partial charge >= 0.3 is 0 Å². The number of carbonyl (C=O) groups excluding carboxylic acids is 1. The minimum Gasteiger partial charge on any atom is -0.469 e. The Bertz CT molecular complexity index is 1180. The summed E-state index contributed by atoms with van der Waals surface area (Å²) >= 11 is 1.38. The first-order valence-electron chi connectivity index (χ1n) is 9.54. The van der Waals surface area contributed by atoms with E-state index >= 15 is 0 Å². The SMILES string of the molecule is Cc1cc(OCc2nnc3n2NC2=C(S3)C(=O)CC(C)(C)C2)nc2ccccc12. The zero-order valence-corrected chi connectivity index (χ0v) is 17.3. The second kappa shape index (κ2) is 6.59. The maximum Gasteiger partial charge on any atom is 0.215 e. The molecule has 0 fully saturated rings. The summed E-state index contributed by atoms with van der Waals surface area (Å²) in [4.78, 5) is 17.8. The third-order valence-corrected chi connectivity index (χ3v) is 6.34. The zero-order chi connectivity index (χ0) is 20.2. The van der Waals surface area contributed by atoms with E-state index in [0.717, 1.165) is 33.5 Å². The molecule has 2 aliphatic rings. The van der Waals surface area contributed by atoms with Crippen molar-refractivity contribution in [3.8, 4) is 5.88 Å². The number of hydrogen-bond acceptors (Lipinski definition) is 7. The quantitative estimate of drug-likeness (QED) is 0.704. The summed E-state index contributed by atoms with van der Waals surface area (Å²) in [7, 11) is 0. The third kappa shape index (κ3) is 3.27. The molecule has 1 aromatic carbocycles. The van der Waals surface area contributed by atoms with E-state index in [1.54, 1.807) is 0 Å². The lowest BCUT2D eigenvalue weighted by Gasteiger charge is -2.34. The van der Waals surface area contributed by atoms with Crippen molar-refractivity contribution in [1.29, 1.82) is 0 Å². The number of pyridine rings is 1. The highest BCUT2D eigenvalue weighted by molar-refractivity contribution is 8.04. The van der Waals surface area contributed by atoms with Crippen LogP contribution in [0.15, 0.2) is 46.1 Å². The van der Waals surface area contributed by atoms with Crippen LogP contribution in [0.1, 0.15) is 38.1 Å². The maximum absolute atomic E-state index is 12.5. The third-order valence-electron chi connectivity index (χ3n) is 5.21. The fourth-order valence-corrected chi connectivity index (χ4v) is 4.78. The van der Waals surface area contributed by atoms with Gasteiger partial charge in [0, 0.05) is 17.9 Å². The highest BCUT2D eigenvalue weighted by Gasteiger charge is 2.37. The fraction of sp³-hybridized carbons (Fsp3) is 0.333.